The molecule has 1 N–H and O–H groups in total. The van der Waals surface area contributed by atoms with Gasteiger partial charge >= 0.3 is 0 Å². The van der Waals surface area contributed by atoms with E-state index in [0.717, 1.165) is 43.5 Å². The minimum absolute atomic E-state index is 0.107. The van der Waals surface area contributed by atoms with Gasteiger partial charge in [0, 0.05) is 55.2 Å². The standard InChI is InChI=1S/C18H24N4O2/c1-13(2)12-21-9-6-14(7-10-21)20-17-3-4-18(22(23)24)16-11-19-8-5-15(16)17/h3-5,8,11,13-14,20H,6-7,9-10,12H2,1-2H3. The number of nitro benzene ring substituents is 1. The molecule has 0 spiro atoms. The summed E-state index contributed by atoms with van der Waals surface area (Å²) >= 11 is 0. The SMILES string of the molecule is CC(C)CN1CCC(Nc2ccc([N+](=O)[O-])c3cnccc23)CC1. The lowest BCUT2D eigenvalue weighted by molar-refractivity contribution is -0.383. The van der Waals surface area contributed by atoms with Gasteiger partial charge in [0.25, 0.3) is 5.69 Å². The Morgan fingerprint density at radius 2 is 2.04 bits per heavy atom. The number of anilines is 1. The Kier molecular flexibility index (Phi) is 4.94. The number of benzene rings is 1. The first-order valence-corrected chi connectivity index (χ1v) is 8.54. The summed E-state index contributed by atoms with van der Waals surface area (Å²) in [5, 5.41) is 16.2. The van der Waals surface area contributed by atoms with Crippen molar-refractivity contribution in [2.24, 2.45) is 5.92 Å². The minimum atomic E-state index is -0.349. The van der Waals surface area contributed by atoms with Crippen LogP contribution in [0.15, 0.2) is 30.6 Å². The first-order chi connectivity index (χ1) is 11.5. The Morgan fingerprint density at radius 3 is 2.71 bits per heavy atom. The molecule has 6 heteroatoms. The largest absolute Gasteiger partial charge is 0.382 e. The molecule has 128 valence electrons. The van der Waals surface area contributed by atoms with Crippen molar-refractivity contribution in [2.75, 3.05) is 25.0 Å². The molecule has 24 heavy (non-hydrogen) atoms. The molecule has 0 unspecified atom stereocenters. The molecule has 2 heterocycles. The zero-order chi connectivity index (χ0) is 17.1. The van der Waals surface area contributed by atoms with Crippen LogP contribution in [-0.2, 0) is 0 Å². The van der Waals surface area contributed by atoms with Crippen LogP contribution in [0.25, 0.3) is 10.8 Å². The van der Waals surface area contributed by atoms with Crippen molar-refractivity contribution in [2.45, 2.75) is 32.7 Å². The third kappa shape index (κ3) is 3.64. The normalized spacial score (nSPS) is 16.6. The summed E-state index contributed by atoms with van der Waals surface area (Å²) in [6, 6.07) is 5.64. The Hall–Kier alpha value is -2.21. The molecule has 1 aliphatic rings. The van der Waals surface area contributed by atoms with E-state index >= 15 is 0 Å². The number of aromatic nitrogens is 1. The van der Waals surface area contributed by atoms with Crippen molar-refractivity contribution >= 4 is 22.1 Å². The van der Waals surface area contributed by atoms with Crippen molar-refractivity contribution in [3.8, 4) is 0 Å². The second-order valence-electron chi connectivity index (χ2n) is 6.92. The van der Waals surface area contributed by atoms with Gasteiger partial charge in [-0.25, -0.2) is 0 Å². The van der Waals surface area contributed by atoms with Crippen molar-refractivity contribution < 1.29 is 4.92 Å². The lowest BCUT2D eigenvalue weighted by Gasteiger charge is -2.34. The lowest BCUT2D eigenvalue weighted by atomic mass is 10.0. The quantitative estimate of drug-likeness (QED) is 0.670. The fraction of sp³-hybridized carbons (Fsp3) is 0.500. The van der Waals surface area contributed by atoms with Crippen molar-refractivity contribution in [3.63, 3.8) is 0 Å². The highest BCUT2D eigenvalue weighted by Gasteiger charge is 2.21. The van der Waals surface area contributed by atoms with E-state index in [0.29, 0.717) is 17.3 Å². The van der Waals surface area contributed by atoms with Crippen LogP contribution in [0.4, 0.5) is 11.4 Å². The molecule has 0 saturated carbocycles. The zero-order valence-corrected chi connectivity index (χ0v) is 14.2. The summed E-state index contributed by atoms with van der Waals surface area (Å²) in [6.07, 6.45) is 5.44. The monoisotopic (exact) mass is 328 g/mol. The summed E-state index contributed by atoms with van der Waals surface area (Å²) in [5.74, 6) is 0.695. The van der Waals surface area contributed by atoms with Gasteiger partial charge in [-0.3, -0.25) is 15.1 Å². The molecule has 1 aromatic heterocycles. The number of fused-ring (bicyclic) bond motifs is 1. The van der Waals surface area contributed by atoms with E-state index in [1.54, 1.807) is 18.5 Å². The number of hydrogen-bond donors (Lipinski definition) is 1. The number of nitrogens with one attached hydrogen (secondary N) is 1. The predicted octanol–water partition coefficient (Wildman–Crippen LogP) is 3.68. The average molecular weight is 328 g/mol. The summed E-state index contributed by atoms with van der Waals surface area (Å²) in [7, 11) is 0. The third-order valence-corrected chi connectivity index (χ3v) is 4.56. The number of pyridine rings is 1. The molecule has 0 amide bonds. The molecule has 0 radical (unpaired) electrons. The molecule has 3 rings (SSSR count). The van der Waals surface area contributed by atoms with Gasteiger partial charge in [-0.2, -0.15) is 0 Å². The number of nitro groups is 1. The number of nitrogens with zero attached hydrogens (tertiary/aromatic N) is 3. The Labute approximate surface area is 142 Å². The van der Waals surface area contributed by atoms with Crippen LogP contribution in [0.1, 0.15) is 26.7 Å². The molecule has 0 atom stereocenters. The molecule has 1 saturated heterocycles. The summed E-state index contributed by atoms with van der Waals surface area (Å²) in [4.78, 5) is 17.4. The molecular weight excluding hydrogens is 304 g/mol. The topological polar surface area (TPSA) is 71.3 Å². The minimum Gasteiger partial charge on any atom is -0.382 e. The van der Waals surface area contributed by atoms with E-state index in [4.69, 9.17) is 0 Å². The summed E-state index contributed by atoms with van der Waals surface area (Å²) in [6.45, 7) is 7.85. The molecule has 2 aromatic rings. The van der Waals surface area contributed by atoms with Crippen LogP contribution in [0.5, 0.6) is 0 Å². The highest BCUT2D eigenvalue weighted by Crippen LogP contribution is 2.31. The number of non-ortho nitro benzene ring substituents is 1. The zero-order valence-electron chi connectivity index (χ0n) is 14.2. The van der Waals surface area contributed by atoms with Crippen LogP contribution >= 0.6 is 0 Å². The van der Waals surface area contributed by atoms with Gasteiger partial charge in [0.2, 0.25) is 0 Å². The van der Waals surface area contributed by atoms with Gasteiger partial charge in [0.15, 0.2) is 0 Å². The molecule has 1 aliphatic heterocycles. The van der Waals surface area contributed by atoms with Crippen molar-refractivity contribution in [1.29, 1.82) is 0 Å². The second kappa shape index (κ2) is 7.13. The first-order valence-electron chi connectivity index (χ1n) is 8.54. The smallest absolute Gasteiger partial charge is 0.278 e. The second-order valence-corrected chi connectivity index (χ2v) is 6.92. The van der Waals surface area contributed by atoms with E-state index in [1.807, 2.05) is 12.1 Å². The van der Waals surface area contributed by atoms with Gasteiger partial charge in [-0.1, -0.05) is 13.8 Å². The maximum Gasteiger partial charge on any atom is 0.278 e. The number of likely N-dealkylation sites (tertiary alicyclic amines) is 1. The first kappa shape index (κ1) is 16.6. The van der Waals surface area contributed by atoms with Gasteiger partial charge in [-0.05, 0) is 30.9 Å². The van der Waals surface area contributed by atoms with Crippen LogP contribution in [0, 0.1) is 16.0 Å². The fourth-order valence-electron chi connectivity index (χ4n) is 3.46. The van der Waals surface area contributed by atoms with Crippen molar-refractivity contribution in [1.82, 2.24) is 9.88 Å². The molecule has 1 fully saturated rings. The van der Waals surface area contributed by atoms with Gasteiger partial charge in [0.05, 0.1) is 10.3 Å². The van der Waals surface area contributed by atoms with E-state index in [-0.39, 0.29) is 10.6 Å². The van der Waals surface area contributed by atoms with E-state index in [9.17, 15) is 10.1 Å². The van der Waals surface area contributed by atoms with Gasteiger partial charge in [0.1, 0.15) is 0 Å². The highest BCUT2D eigenvalue weighted by molar-refractivity contribution is 5.99. The highest BCUT2D eigenvalue weighted by atomic mass is 16.6. The van der Waals surface area contributed by atoms with Gasteiger partial charge in [-0.15, -0.1) is 0 Å². The predicted molar refractivity (Wildman–Crippen MR) is 96.3 cm³/mol. The number of hydrogen-bond acceptors (Lipinski definition) is 5. The molecular formula is C18H24N4O2. The lowest BCUT2D eigenvalue weighted by Crippen LogP contribution is -2.40. The van der Waals surface area contributed by atoms with Gasteiger partial charge < -0.3 is 10.2 Å². The van der Waals surface area contributed by atoms with Crippen LogP contribution in [0.3, 0.4) is 0 Å². The maximum atomic E-state index is 11.2. The number of piperidine rings is 1. The van der Waals surface area contributed by atoms with E-state index in [2.05, 4.69) is 29.0 Å². The Morgan fingerprint density at radius 1 is 1.29 bits per heavy atom. The maximum absolute atomic E-state index is 11.2. The van der Waals surface area contributed by atoms with Crippen LogP contribution in [0.2, 0.25) is 0 Å². The fourth-order valence-corrected chi connectivity index (χ4v) is 3.46. The molecule has 6 nitrogen and oxygen atoms in total. The molecule has 0 bridgehead atoms. The van der Waals surface area contributed by atoms with E-state index in [1.165, 1.54) is 0 Å². The molecule has 0 aliphatic carbocycles. The van der Waals surface area contributed by atoms with E-state index < -0.39 is 0 Å². The third-order valence-electron chi connectivity index (χ3n) is 4.56. The summed E-state index contributed by atoms with van der Waals surface area (Å²) < 4.78 is 0. The number of rotatable bonds is 5. The Balaban J connectivity index is 1.75. The van der Waals surface area contributed by atoms with Crippen LogP contribution in [-0.4, -0.2) is 40.5 Å². The molecule has 1 aromatic carbocycles. The Bertz CT molecular complexity index is 724. The summed E-state index contributed by atoms with van der Waals surface area (Å²) in [5.41, 5.74) is 1.07. The average Bonchev–Trinajstić information content (AvgIpc) is 2.56. The van der Waals surface area contributed by atoms with Crippen LogP contribution < -0.4 is 5.32 Å². The van der Waals surface area contributed by atoms with Crippen molar-refractivity contribution in [3.05, 3.63) is 40.7 Å².